The molecule has 0 bridgehead atoms. The molecule has 0 fully saturated rings. The van der Waals surface area contributed by atoms with Crippen LogP contribution in [0.4, 0.5) is 8.78 Å². The highest BCUT2D eigenvalue weighted by atomic mass is 19.3. The Labute approximate surface area is 134 Å². The quantitative estimate of drug-likeness (QED) is 0.779. The minimum absolute atomic E-state index is 0.122. The molecule has 0 unspecified atom stereocenters. The second-order valence-electron chi connectivity index (χ2n) is 5.12. The molecule has 0 aromatic heterocycles. The number of alkyl halides is 2. The van der Waals surface area contributed by atoms with Crippen molar-refractivity contribution in [2.75, 3.05) is 13.7 Å². The summed E-state index contributed by atoms with van der Waals surface area (Å²) in [5.74, 6) is -0.470. The van der Waals surface area contributed by atoms with Gasteiger partial charge in [0.2, 0.25) is 0 Å². The van der Waals surface area contributed by atoms with Gasteiger partial charge in [0.05, 0.1) is 6.54 Å². The molecule has 2 aromatic rings. The maximum absolute atomic E-state index is 12.9. The lowest BCUT2D eigenvalue weighted by Gasteiger charge is -2.27. The summed E-state index contributed by atoms with van der Waals surface area (Å²) in [6.07, 6.45) is -3.49. The van der Waals surface area contributed by atoms with Gasteiger partial charge in [-0.05, 0) is 11.1 Å². The van der Waals surface area contributed by atoms with E-state index in [9.17, 15) is 13.6 Å². The molecule has 0 saturated carbocycles. The molecule has 0 aliphatic rings. The van der Waals surface area contributed by atoms with Crippen LogP contribution in [-0.2, 0) is 16.1 Å². The molecule has 1 amide bonds. The van der Waals surface area contributed by atoms with Gasteiger partial charge in [0.25, 0.3) is 12.3 Å². The van der Waals surface area contributed by atoms with E-state index in [0.717, 1.165) is 10.5 Å². The predicted octanol–water partition coefficient (Wildman–Crippen LogP) is 3.67. The lowest BCUT2D eigenvalue weighted by atomic mass is 10.1. The topological polar surface area (TPSA) is 29.5 Å². The van der Waals surface area contributed by atoms with Crippen LogP contribution in [0.15, 0.2) is 60.7 Å². The van der Waals surface area contributed by atoms with Gasteiger partial charge in [-0.2, -0.15) is 0 Å². The lowest BCUT2D eigenvalue weighted by molar-refractivity contribution is -0.145. The molecule has 0 aliphatic heterocycles. The maximum Gasteiger partial charge on any atom is 0.256 e. The minimum atomic E-state index is -2.60. The number of rotatable bonds is 7. The van der Waals surface area contributed by atoms with E-state index in [2.05, 4.69) is 0 Å². The van der Waals surface area contributed by atoms with Gasteiger partial charge in [0.15, 0.2) is 6.10 Å². The molecular formula is C18H19F2NO2. The average Bonchev–Trinajstić information content (AvgIpc) is 2.56. The van der Waals surface area contributed by atoms with Gasteiger partial charge in [0.1, 0.15) is 0 Å². The van der Waals surface area contributed by atoms with Crippen molar-refractivity contribution in [3.8, 4) is 0 Å². The first-order chi connectivity index (χ1) is 11.1. The highest BCUT2D eigenvalue weighted by molar-refractivity contribution is 5.82. The van der Waals surface area contributed by atoms with E-state index in [0.29, 0.717) is 5.56 Å². The molecule has 23 heavy (non-hydrogen) atoms. The van der Waals surface area contributed by atoms with Gasteiger partial charge in [-0.3, -0.25) is 4.79 Å². The number of benzene rings is 2. The third-order valence-electron chi connectivity index (χ3n) is 3.45. The van der Waals surface area contributed by atoms with Gasteiger partial charge in [-0.1, -0.05) is 60.7 Å². The molecule has 0 saturated heterocycles. The van der Waals surface area contributed by atoms with E-state index in [1.165, 1.54) is 7.11 Å². The van der Waals surface area contributed by atoms with Crippen LogP contribution in [0, 0.1) is 0 Å². The highest BCUT2D eigenvalue weighted by Gasteiger charge is 2.27. The number of carbonyl (C=O) groups is 1. The summed E-state index contributed by atoms with van der Waals surface area (Å²) in [5, 5.41) is 0. The third kappa shape index (κ3) is 4.86. The fraction of sp³-hybridized carbons (Fsp3) is 0.278. The number of hydrogen-bond acceptors (Lipinski definition) is 2. The molecule has 2 rings (SSSR count). The summed E-state index contributed by atoms with van der Waals surface area (Å²) in [5.41, 5.74) is 1.44. The average molecular weight is 319 g/mol. The Hall–Kier alpha value is -2.27. The Bertz CT molecular complexity index is 605. The number of methoxy groups -OCH3 is 1. The maximum atomic E-state index is 12.9. The van der Waals surface area contributed by atoms with Gasteiger partial charge >= 0.3 is 0 Å². The third-order valence-corrected chi connectivity index (χ3v) is 3.45. The number of halogens is 2. The molecule has 0 heterocycles. The van der Waals surface area contributed by atoms with Crippen LogP contribution in [0.5, 0.6) is 0 Å². The summed E-state index contributed by atoms with van der Waals surface area (Å²) in [7, 11) is 1.40. The fourth-order valence-electron chi connectivity index (χ4n) is 2.38. The van der Waals surface area contributed by atoms with Gasteiger partial charge in [-0.25, -0.2) is 8.78 Å². The second-order valence-corrected chi connectivity index (χ2v) is 5.12. The first-order valence-electron chi connectivity index (χ1n) is 7.30. The number of carbonyl (C=O) groups excluding carboxylic acids is 1. The summed E-state index contributed by atoms with van der Waals surface area (Å²) in [6.45, 7) is -0.503. The minimum Gasteiger partial charge on any atom is -0.367 e. The standard InChI is InChI=1S/C18H19F2NO2/c1-23-17(15-10-6-3-7-11-15)18(22)21(13-16(19)20)12-14-8-4-2-5-9-14/h2-11,16-17H,12-13H2,1H3/t17-/m1/s1. The van der Waals surface area contributed by atoms with E-state index >= 15 is 0 Å². The lowest BCUT2D eigenvalue weighted by Crippen LogP contribution is -2.38. The fourth-order valence-corrected chi connectivity index (χ4v) is 2.38. The van der Waals surface area contributed by atoms with Crippen molar-refractivity contribution in [3.05, 3.63) is 71.8 Å². The van der Waals surface area contributed by atoms with Gasteiger partial charge < -0.3 is 9.64 Å². The molecule has 0 spiro atoms. The molecular weight excluding hydrogens is 300 g/mol. The van der Waals surface area contributed by atoms with Crippen molar-refractivity contribution in [3.63, 3.8) is 0 Å². The highest BCUT2D eigenvalue weighted by Crippen LogP contribution is 2.21. The zero-order valence-electron chi connectivity index (χ0n) is 12.9. The van der Waals surface area contributed by atoms with E-state index in [1.54, 1.807) is 36.4 Å². The van der Waals surface area contributed by atoms with E-state index in [-0.39, 0.29) is 6.54 Å². The second kappa shape index (κ2) is 8.39. The zero-order chi connectivity index (χ0) is 16.7. The van der Waals surface area contributed by atoms with E-state index < -0.39 is 25.0 Å². The van der Waals surface area contributed by atoms with Crippen molar-refractivity contribution in [1.82, 2.24) is 4.90 Å². The van der Waals surface area contributed by atoms with E-state index in [4.69, 9.17) is 4.74 Å². The Morgan fingerprint density at radius 3 is 2.13 bits per heavy atom. The molecule has 0 radical (unpaired) electrons. The smallest absolute Gasteiger partial charge is 0.256 e. The molecule has 2 aromatic carbocycles. The number of ether oxygens (including phenoxy) is 1. The van der Waals surface area contributed by atoms with Crippen molar-refractivity contribution in [2.45, 2.75) is 19.1 Å². The van der Waals surface area contributed by atoms with Crippen molar-refractivity contribution in [2.24, 2.45) is 0 Å². The Balaban J connectivity index is 2.21. The first-order valence-corrected chi connectivity index (χ1v) is 7.30. The Kier molecular flexibility index (Phi) is 6.23. The van der Waals surface area contributed by atoms with Crippen LogP contribution in [0.3, 0.4) is 0 Å². The SMILES string of the molecule is CO[C@@H](C(=O)N(Cc1ccccc1)CC(F)F)c1ccccc1. The van der Waals surface area contributed by atoms with Crippen LogP contribution in [0.1, 0.15) is 17.2 Å². The molecule has 122 valence electrons. The van der Waals surface area contributed by atoms with Gasteiger partial charge in [0, 0.05) is 13.7 Å². The van der Waals surface area contributed by atoms with Crippen LogP contribution in [-0.4, -0.2) is 30.9 Å². The Morgan fingerprint density at radius 2 is 1.61 bits per heavy atom. The van der Waals surface area contributed by atoms with Crippen molar-refractivity contribution in [1.29, 1.82) is 0 Å². The molecule has 1 atom stereocenters. The monoisotopic (exact) mass is 319 g/mol. The largest absolute Gasteiger partial charge is 0.367 e. The number of hydrogen-bond donors (Lipinski definition) is 0. The van der Waals surface area contributed by atoms with Crippen LogP contribution in [0.25, 0.3) is 0 Å². The molecule has 0 aliphatic carbocycles. The first kappa shape index (κ1) is 17.1. The number of amides is 1. The molecule has 3 nitrogen and oxygen atoms in total. The molecule has 0 N–H and O–H groups in total. The van der Waals surface area contributed by atoms with E-state index in [1.807, 2.05) is 24.3 Å². The summed E-state index contributed by atoms with van der Waals surface area (Å²) >= 11 is 0. The van der Waals surface area contributed by atoms with Crippen molar-refractivity contribution >= 4 is 5.91 Å². The summed E-state index contributed by atoms with van der Waals surface area (Å²) < 4.78 is 31.0. The van der Waals surface area contributed by atoms with Gasteiger partial charge in [-0.15, -0.1) is 0 Å². The summed E-state index contributed by atoms with van der Waals surface area (Å²) in [4.78, 5) is 13.8. The summed E-state index contributed by atoms with van der Waals surface area (Å²) in [6, 6.07) is 17.9. The van der Waals surface area contributed by atoms with Crippen LogP contribution >= 0.6 is 0 Å². The normalized spacial score (nSPS) is 12.2. The van der Waals surface area contributed by atoms with Crippen LogP contribution < -0.4 is 0 Å². The number of nitrogens with zero attached hydrogens (tertiary/aromatic N) is 1. The predicted molar refractivity (Wildman–Crippen MR) is 84.1 cm³/mol. The molecule has 5 heteroatoms. The Morgan fingerprint density at radius 1 is 1.04 bits per heavy atom. The zero-order valence-corrected chi connectivity index (χ0v) is 12.9. The van der Waals surface area contributed by atoms with Crippen LogP contribution in [0.2, 0.25) is 0 Å². The van der Waals surface area contributed by atoms with Crippen molar-refractivity contribution < 1.29 is 18.3 Å².